The minimum atomic E-state index is -4.09. The lowest BCUT2D eigenvalue weighted by Crippen LogP contribution is -2.43. The van der Waals surface area contributed by atoms with Gasteiger partial charge in [-0.15, -0.1) is 6.58 Å². The van der Waals surface area contributed by atoms with Crippen molar-refractivity contribution in [3.8, 4) is 5.75 Å². The second kappa shape index (κ2) is 8.38. The van der Waals surface area contributed by atoms with Gasteiger partial charge in [0.1, 0.15) is 17.3 Å². The first kappa shape index (κ1) is 22.9. The Morgan fingerprint density at radius 3 is 2.42 bits per heavy atom. The maximum atomic E-state index is 13.2. The lowest BCUT2D eigenvalue weighted by molar-refractivity contribution is -0.128. The Morgan fingerprint density at radius 2 is 1.87 bits per heavy atom. The predicted octanol–water partition coefficient (Wildman–Crippen LogP) is 4.35. The van der Waals surface area contributed by atoms with Crippen molar-refractivity contribution in [2.75, 3.05) is 12.4 Å². The maximum Gasteiger partial charge on any atom is 0.266 e. The lowest BCUT2D eigenvalue weighted by Gasteiger charge is -2.30. The number of anilines is 1. The zero-order valence-corrected chi connectivity index (χ0v) is 19.3. The smallest absolute Gasteiger partial charge is 0.266 e. The number of ether oxygens (including phenoxy) is 1. The third-order valence-electron chi connectivity index (χ3n) is 6.06. The van der Waals surface area contributed by atoms with Crippen LogP contribution in [-0.2, 0) is 21.4 Å². The molecule has 1 aliphatic rings. The number of rotatable bonds is 8. The van der Waals surface area contributed by atoms with Gasteiger partial charge in [0.2, 0.25) is 5.91 Å². The van der Waals surface area contributed by atoms with Crippen molar-refractivity contribution in [1.29, 1.82) is 0 Å². The molecule has 0 bridgehead atoms. The van der Waals surface area contributed by atoms with E-state index in [4.69, 9.17) is 4.74 Å². The highest BCUT2D eigenvalue weighted by Crippen LogP contribution is 2.64. The number of allylic oxidation sites excluding steroid dienone is 1. The normalized spacial score (nSPS) is 20.6. The third-order valence-corrected chi connectivity index (χ3v) is 7.43. The van der Waals surface area contributed by atoms with Gasteiger partial charge in [-0.25, -0.2) is 13.1 Å². The number of hydrogen-bond donors (Lipinski definition) is 2. The molecule has 166 valence electrons. The fourth-order valence-electron chi connectivity index (χ4n) is 4.19. The highest BCUT2D eigenvalue weighted by atomic mass is 32.2. The minimum absolute atomic E-state index is 0.0115. The van der Waals surface area contributed by atoms with Crippen molar-refractivity contribution in [1.82, 2.24) is 4.72 Å². The Kier molecular flexibility index (Phi) is 6.18. The average Bonchev–Trinajstić information content (AvgIpc) is 3.49. The van der Waals surface area contributed by atoms with Crippen LogP contribution in [0.1, 0.15) is 32.8 Å². The standard InChI is InChI=1S/C24H30N2O4S/c1-6-18-15-24(18,23(2,3)4)22(27)26-31(28,29)20-14-10-11-17(21(20)25-5)16-30-19-12-8-7-9-13-19/h6-14,18,25H,1,15-16H2,2-5H3,(H,26,27)/t18-,24-/m1/s1. The number of nitrogens with one attached hydrogen (secondary N) is 2. The molecule has 7 heteroatoms. The van der Waals surface area contributed by atoms with Crippen LogP contribution in [0.25, 0.3) is 0 Å². The molecule has 0 spiro atoms. The van der Waals surface area contributed by atoms with Crippen molar-refractivity contribution in [2.45, 2.75) is 38.7 Å². The molecule has 0 radical (unpaired) electrons. The summed E-state index contributed by atoms with van der Waals surface area (Å²) < 4.78 is 34.5. The molecule has 2 aromatic rings. The summed E-state index contributed by atoms with van der Waals surface area (Å²) in [7, 11) is -2.45. The molecule has 2 N–H and O–H groups in total. The number of amides is 1. The van der Waals surface area contributed by atoms with Crippen molar-refractivity contribution >= 4 is 21.6 Å². The van der Waals surface area contributed by atoms with Gasteiger partial charge in [0.05, 0.1) is 11.1 Å². The highest BCUT2D eigenvalue weighted by molar-refractivity contribution is 7.90. The van der Waals surface area contributed by atoms with Crippen LogP contribution in [0.4, 0.5) is 5.69 Å². The van der Waals surface area contributed by atoms with E-state index in [2.05, 4.69) is 16.6 Å². The molecule has 1 saturated carbocycles. The molecule has 3 rings (SSSR count). The average molecular weight is 443 g/mol. The van der Waals surface area contributed by atoms with E-state index in [0.29, 0.717) is 23.4 Å². The first-order valence-corrected chi connectivity index (χ1v) is 11.7. The number of benzene rings is 2. The molecule has 0 heterocycles. The van der Waals surface area contributed by atoms with Crippen molar-refractivity contribution in [3.05, 3.63) is 66.7 Å². The molecular formula is C24H30N2O4S. The first-order chi connectivity index (χ1) is 14.6. The molecule has 1 aliphatic carbocycles. The van der Waals surface area contributed by atoms with Gasteiger partial charge in [-0.2, -0.15) is 0 Å². The molecule has 1 fully saturated rings. The van der Waals surface area contributed by atoms with E-state index < -0.39 is 26.8 Å². The maximum absolute atomic E-state index is 13.2. The largest absolute Gasteiger partial charge is 0.489 e. The van der Waals surface area contributed by atoms with E-state index in [1.54, 1.807) is 25.3 Å². The summed E-state index contributed by atoms with van der Waals surface area (Å²) >= 11 is 0. The second-order valence-corrected chi connectivity index (χ2v) is 10.5. The molecule has 0 saturated heterocycles. The van der Waals surface area contributed by atoms with Gasteiger partial charge in [-0.3, -0.25) is 4.79 Å². The Bertz CT molecular complexity index is 1070. The van der Waals surface area contributed by atoms with Crippen LogP contribution in [0.3, 0.4) is 0 Å². The van der Waals surface area contributed by atoms with Gasteiger partial charge in [-0.05, 0) is 36.0 Å². The van der Waals surface area contributed by atoms with Gasteiger partial charge in [0.15, 0.2) is 0 Å². The zero-order chi connectivity index (χ0) is 22.9. The van der Waals surface area contributed by atoms with Gasteiger partial charge in [0, 0.05) is 12.6 Å². The fraction of sp³-hybridized carbons (Fsp3) is 0.375. The Labute approximate surface area is 184 Å². The van der Waals surface area contributed by atoms with Gasteiger partial charge in [-0.1, -0.05) is 57.2 Å². The SMILES string of the molecule is C=C[C@@H]1C[C@@]1(C(=O)NS(=O)(=O)c1cccc(COc2ccccc2)c1NC)C(C)(C)C. The van der Waals surface area contributed by atoms with Crippen molar-refractivity contribution in [2.24, 2.45) is 16.7 Å². The summed E-state index contributed by atoms with van der Waals surface area (Å²) in [5, 5.41) is 2.96. The Hall–Kier alpha value is -2.80. The second-order valence-electron chi connectivity index (χ2n) is 8.84. The molecule has 2 atom stereocenters. The number of para-hydroxylation sites is 2. The van der Waals surface area contributed by atoms with Crippen LogP contribution in [0.15, 0.2) is 66.1 Å². The molecule has 1 amide bonds. The van der Waals surface area contributed by atoms with Crippen LogP contribution >= 0.6 is 0 Å². The summed E-state index contributed by atoms with van der Waals surface area (Å²) in [5.41, 5.74) is -0.111. The topological polar surface area (TPSA) is 84.5 Å². The van der Waals surface area contributed by atoms with E-state index in [-0.39, 0.29) is 17.4 Å². The first-order valence-electron chi connectivity index (χ1n) is 10.2. The van der Waals surface area contributed by atoms with Crippen LogP contribution in [-0.4, -0.2) is 21.4 Å². The molecule has 0 aromatic heterocycles. The number of carbonyl (C=O) groups is 1. The summed E-state index contributed by atoms with van der Waals surface area (Å²) in [6, 6.07) is 14.2. The van der Waals surface area contributed by atoms with E-state index in [1.807, 2.05) is 51.1 Å². The van der Waals surface area contributed by atoms with Crippen LogP contribution < -0.4 is 14.8 Å². The van der Waals surface area contributed by atoms with Gasteiger partial charge in [0.25, 0.3) is 10.0 Å². The summed E-state index contributed by atoms with van der Waals surface area (Å²) in [4.78, 5) is 13.2. The van der Waals surface area contributed by atoms with E-state index >= 15 is 0 Å². The minimum Gasteiger partial charge on any atom is -0.489 e. The van der Waals surface area contributed by atoms with Gasteiger partial charge >= 0.3 is 0 Å². The lowest BCUT2D eigenvalue weighted by atomic mass is 9.75. The molecule has 0 unspecified atom stereocenters. The summed E-state index contributed by atoms with van der Waals surface area (Å²) in [6.07, 6.45) is 2.32. The number of sulfonamides is 1. The van der Waals surface area contributed by atoms with Crippen LogP contribution in [0, 0.1) is 16.7 Å². The molecular weight excluding hydrogens is 412 g/mol. The highest BCUT2D eigenvalue weighted by Gasteiger charge is 2.65. The Balaban J connectivity index is 1.87. The van der Waals surface area contributed by atoms with E-state index in [9.17, 15) is 13.2 Å². The van der Waals surface area contributed by atoms with E-state index in [1.165, 1.54) is 6.07 Å². The molecule has 2 aromatic carbocycles. The Morgan fingerprint density at radius 1 is 1.19 bits per heavy atom. The van der Waals surface area contributed by atoms with Crippen molar-refractivity contribution in [3.63, 3.8) is 0 Å². The fourth-order valence-corrected chi connectivity index (χ4v) is 5.48. The molecule has 31 heavy (non-hydrogen) atoms. The number of hydrogen-bond acceptors (Lipinski definition) is 5. The van der Waals surface area contributed by atoms with Crippen LogP contribution in [0.2, 0.25) is 0 Å². The quantitative estimate of drug-likeness (QED) is 0.594. The predicted molar refractivity (Wildman–Crippen MR) is 122 cm³/mol. The number of carbonyl (C=O) groups excluding carboxylic acids is 1. The summed E-state index contributed by atoms with van der Waals surface area (Å²) in [6.45, 7) is 9.83. The van der Waals surface area contributed by atoms with E-state index in [0.717, 1.165) is 0 Å². The van der Waals surface area contributed by atoms with Crippen molar-refractivity contribution < 1.29 is 17.9 Å². The molecule has 0 aliphatic heterocycles. The summed E-state index contributed by atoms with van der Waals surface area (Å²) in [5.74, 6) is 0.150. The third kappa shape index (κ3) is 4.32. The van der Waals surface area contributed by atoms with Crippen LogP contribution in [0.5, 0.6) is 5.75 Å². The van der Waals surface area contributed by atoms with Gasteiger partial charge < -0.3 is 10.1 Å². The molecule has 6 nitrogen and oxygen atoms in total. The monoisotopic (exact) mass is 442 g/mol. The zero-order valence-electron chi connectivity index (χ0n) is 18.4.